The molecule has 5 nitrogen and oxygen atoms in total. The van der Waals surface area contributed by atoms with Crippen LogP contribution in [0.25, 0.3) is 0 Å². The number of benzene rings is 2. The van der Waals surface area contributed by atoms with Gasteiger partial charge in [-0.2, -0.15) is 0 Å². The molecular formula is C20H18ClFN4O. The summed E-state index contributed by atoms with van der Waals surface area (Å²) in [5.74, 6) is -0.272. The number of nitrogens with one attached hydrogen (secondary N) is 2. The van der Waals surface area contributed by atoms with Crippen molar-refractivity contribution in [1.29, 1.82) is 0 Å². The predicted octanol–water partition coefficient (Wildman–Crippen LogP) is 4.94. The van der Waals surface area contributed by atoms with Crippen molar-refractivity contribution in [3.63, 3.8) is 0 Å². The number of rotatable bonds is 5. The van der Waals surface area contributed by atoms with E-state index in [9.17, 15) is 9.18 Å². The molecule has 0 aliphatic rings. The highest BCUT2D eigenvalue weighted by atomic mass is 35.5. The van der Waals surface area contributed by atoms with Gasteiger partial charge in [0.1, 0.15) is 11.6 Å². The van der Waals surface area contributed by atoms with Crippen molar-refractivity contribution >= 4 is 40.4 Å². The number of amides is 1. The molecule has 0 spiro atoms. The molecule has 0 aliphatic heterocycles. The normalized spacial score (nSPS) is 10.4. The lowest BCUT2D eigenvalue weighted by molar-refractivity contribution is 0.102. The van der Waals surface area contributed by atoms with Crippen LogP contribution in [0.2, 0.25) is 5.02 Å². The van der Waals surface area contributed by atoms with Crippen molar-refractivity contribution < 1.29 is 9.18 Å². The van der Waals surface area contributed by atoms with Crippen LogP contribution in [0.3, 0.4) is 0 Å². The summed E-state index contributed by atoms with van der Waals surface area (Å²) in [5.41, 5.74) is 2.78. The molecule has 3 aromatic rings. The molecule has 0 bridgehead atoms. The Bertz CT molecular complexity index is 943. The Hall–Kier alpha value is -3.12. The summed E-state index contributed by atoms with van der Waals surface area (Å²) >= 11 is 5.72. The summed E-state index contributed by atoms with van der Waals surface area (Å²) < 4.78 is 13.2. The van der Waals surface area contributed by atoms with Gasteiger partial charge in [0.15, 0.2) is 0 Å². The number of carbonyl (C=O) groups excluding carboxylic acids is 1. The van der Waals surface area contributed by atoms with Crippen molar-refractivity contribution in [1.82, 2.24) is 4.98 Å². The first-order chi connectivity index (χ1) is 12.9. The summed E-state index contributed by atoms with van der Waals surface area (Å²) in [6, 6.07) is 15.3. The molecule has 0 saturated carbocycles. The van der Waals surface area contributed by atoms with Gasteiger partial charge in [-0.1, -0.05) is 11.6 Å². The lowest BCUT2D eigenvalue weighted by atomic mass is 10.2. The molecule has 2 aromatic carbocycles. The van der Waals surface area contributed by atoms with Crippen LogP contribution < -0.4 is 15.5 Å². The van der Waals surface area contributed by atoms with Crippen molar-refractivity contribution in [2.24, 2.45) is 0 Å². The van der Waals surface area contributed by atoms with E-state index in [4.69, 9.17) is 11.6 Å². The summed E-state index contributed by atoms with van der Waals surface area (Å²) in [6.07, 6.45) is 1.47. The van der Waals surface area contributed by atoms with Gasteiger partial charge < -0.3 is 15.5 Å². The van der Waals surface area contributed by atoms with Gasteiger partial charge in [-0.15, -0.1) is 0 Å². The molecule has 1 heterocycles. The number of nitrogens with zero attached hydrogens (tertiary/aromatic N) is 2. The zero-order chi connectivity index (χ0) is 19.4. The van der Waals surface area contributed by atoms with Crippen LogP contribution in [0, 0.1) is 5.82 Å². The molecule has 0 unspecified atom stereocenters. The van der Waals surface area contributed by atoms with E-state index in [1.165, 1.54) is 24.4 Å². The van der Waals surface area contributed by atoms with Gasteiger partial charge in [-0.05, 0) is 54.6 Å². The molecule has 0 fully saturated rings. The lowest BCUT2D eigenvalue weighted by Crippen LogP contribution is -2.12. The molecule has 27 heavy (non-hydrogen) atoms. The van der Waals surface area contributed by atoms with Gasteiger partial charge in [0.2, 0.25) is 0 Å². The topological polar surface area (TPSA) is 57.3 Å². The monoisotopic (exact) mass is 384 g/mol. The molecule has 7 heteroatoms. The number of hydrogen-bond donors (Lipinski definition) is 2. The Labute approximate surface area is 161 Å². The Morgan fingerprint density at radius 2 is 1.74 bits per heavy atom. The van der Waals surface area contributed by atoms with Crippen LogP contribution >= 0.6 is 11.6 Å². The highest BCUT2D eigenvalue weighted by Gasteiger charge is 2.09. The van der Waals surface area contributed by atoms with E-state index in [-0.39, 0.29) is 10.9 Å². The predicted molar refractivity (Wildman–Crippen MR) is 108 cm³/mol. The molecule has 138 valence electrons. The van der Waals surface area contributed by atoms with Gasteiger partial charge >= 0.3 is 0 Å². The minimum Gasteiger partial charge on any atom is -0.378 e. The molecule has 1 aromatic heterocycles. The van der Waals surface area contributed by atoms with E-state index in [0.29, 0.717) is 17.1 Å². The van der Waals surface area contributed by atoms with Gasteiger partial charge in [-0.3, -0.25) is 4.79 Å². The number of aromatic nitrogens is 1. The zero-order valence-electron chi connectivity index (χ0n) is 14.8. The molecular weight excluding hydrogens is 367 g/mol. The van der Waals surface area contributed by atoms with E-state index in [2.05, 4.69) is 15.6 Å². The first-order valence-corrected chi connectivity index (χ1v) is 8.57. The fraction of sp³-hybridized carbons (Fsp3) is 0.100. The lowest BCUT2D eigenvalue weighted by Gasteiger charge is -2.13. The van der Waals surface area contributed by atoms with Gasteiger partial charge in [0, 0.05) is 37.4 Å². The standard InChI is InChI=1S/C20H18ClFN4O/c1-26(2)16-7-4-14(5-8-16)24-19-10-3-13(12-23-19)20(27)25-15-6-9-18(22)17(21)11-15/h3-12H,1-2H3,(H,23,24)(H,25,27). The zero-order valence-corrected chi connectivity index (χ0v) is 15.6. The molecule has 0 aliphatic carbocycles. The Balaban J connectivity index is 1.65. The highest BCUT2D eigenvalue weighted by Crippen LogP contribution is 2.21. The van der Waals surface area contributed by atoms with Crippen LogP contribution in [0.15, 0.2) is 60.8 Å². The fourth-order valence-corrected chi connectivity index (χ4v) is 2.55. The summed E-state index contributed by atoms with van der Waals surface area (Å²) in [5, 5.41) is 5.79. The number of anilines is 4. The van der Waals surface area contributed by atoms with Crippen molar-refractivity contribution in [2.75, 3.05) is 29.6 Å². The van der Waals surface area contributed by atoms with Gasteiger partial charge in [-0.25, -0.2) is 9.37 Å². The fourth-order valence-electron chi connectivity index (χ4n) is 2.37. The quantitative estimate of drug-likeness (QED) is 0.654. The molecule has 1 amide bonds. The smallest absolute Gasteiger partial charge is 0.257 e. The minimum absolute atomic E-state index is 0.0502. The first kappa shape index (κ1) is 18.7. The van der Waals surface area contributed by atoms with Crippen LogP contribution in [0.4, 0.5) is 27.3 Å². The third-order valence-corrected chi connectivity index (χ3v) is 4.15. The maximum absolute atomic E-state index is 13.2. The third kappa shape index (κ3) is 4.74. The second kappa shape index (κ2) is 8.05. The van der Waals surface area contributed by atoms with E-state index in [1.807, 2.05) is 43.3 Å². The van der Waals surface area contributed by atoms with Gasteiger partial charge in [0.05, 0.1) is 10.6 Å². The maximum atomic E-state index is 13.2. The summed E-state index contributed by atoms with van der Waals surface area (Å²) in [7, 11) is 3.96. The van der Waals surface area contributed by atoms with E-state index < -0.39 is 5.82 Å². The van der Waals surface area contributed by atoms with Crippen molar-refractivity contribution in [2.45, 2.75) is 0 Å². The Kier molecular flexibility index (Phi) is 5.57. The number of halogens is 2. The molecule has 0 atom stereocenters. The maximum Gasteiger partial charge on any atom is 0.257 e. The number of hydrogen-bond acceptors (Lipinski definition) is 4. The molecule has 3 rings (SSSR count). The van der Waals surface area contributed by atoms with E-state index in [1.54, 1.807) is 12.1 Å². The van der Waals surface area contributed by atoms with Crippen LogP contribution in [0.1, 0.15) is 10.4 Å². The summed E-state index contributed by atoms with van der Waals surface area (Å²) in [6.45, 7) is 0. The highest BCUT2D eigenvalue weighted by molar-refractivity contribution is 6.31. The van der Waals surface area contributed by atoms with Crippen LogP contribution in [0.5, 0.6) is 0 Å². The number of carbonyl (C=O) groups is 1. The second-order valence-corrected chi connectivity index (χ2v) is 6.49. The van der Waals surface area contributed by atoms with Gasteiger partial charge in [0.25, 0.3) is 5.91 Å². The molecule has 0 saturated heterocycles. The Morgan fingerprint density at radius 3 is 2.33 bits per heavy atom. The molecule has 0 radical (unpaired) electrons. The third-order valence-electron chi connectivity index (χ3n) is 3.86. The molecule has 2 N–H and O–H groups in total. The second-order valence-electron chi connectivity index (χ2n) is 6.08. The van der Waals surface area contributed by atoms with Crippen LogP contribution in [-0.2, 0) is 0 Å². The van der Waals surface area contributed by atoms with Crippen LogP contribution in [-0.4, -0.2) is 25.0 Å². The SMILES string of the molecule is CN(C)c1ccc(Nc2ccc(C(=O)Nc3ccc(F)c(Cl)c3)cn2)cc1. The number of pyridine rings is 1. The van der Waals surface area contributed by atoms with E-state index >= 15 is 0 Å². The minimum atomic E-state index is -0.537. The van der Waals surface area contributed by atoms with E-state index in [0.717, 1.165) is 11.4 Å². The summed E-state index contributed by atoms with van der Waals surface area (Å²) in [4.78, 5) is 18.5. The average molecular weight is 385 g/mol. The average Bonchev–Trinajstić information content (AvgIpc) is 2.66. The first-order valence-electron chi connectivity index (χ1n) is 8.19. The van der Waals surface area contributed by atoms with Crippen molar-refractivity contribution in [3.8, 4) is 0 Å². The van der Waals surface area contributed by atoms with Crippen molar-refractivity contribution in [3.05, 3.63) is 77.2 Å². The Morgan fingerprint density at radius 1 is 1.04 bits per heavy atom. The largest absolute Gasteiger partial charge is 0.378 e.